The van der Waals surface area contributed by atoms with Crippen LogP contribution in [0.4, 0.5) is 13.2 Å². The summed E-state index contributed by atoms with van der Waals surface area (Å²) in [5.41, 5.74) is -0.474. The van der Waals surface area contributed by atoms with Crippen molar-refractivity contribution in [1.82, 2.24) is 0 Å². The van der Waals surface area contributed by atoms with Crippen molar-refractivity contribution in [2.45, 2.75) is 26.4 Å². The van der Waals surface area contributed by atoms with Crippen LogP contribution in [0.3, 0.4) is 0 Å². The SMILES string of the molecule is CC1(C)CC1C(F)(F)F. The van der Waals surface area contributed by atoms with Crippen molar-refractivity contribution in [3.63, 3.8) is 0 Å². The molecule has 0 radical (unpaired) electrons. The fraction of sp³-hybridized carbons (Fsp3) is 1.00. The summed E-state index contributed by atoms with van der Waals surface area (Å²) in [6, 6.07) is 0. The highest BCUT2D eigenvalue weighted by Crippen LogP contribution is 2.59. The van der Waals surface area contributed by atoms with E-state index in [1.165, 1.54) is 0 Å². The normalized spacial score (nSPS) is 32.3. The van der Waals surface area contributed by atoms with E-state index >= 15 is 0 Å². The van der Waals surface area contributed by atoms with Gasteiger partial charge in [0, 0.05) is 0 Å². The number of hydrogen-bond donors (Lipinski definition) is 0. The summed E-state index contributed by atoms with van der Waals surface area (Å²) in [6.45, 7) is 3.29. The van der Waals surface area contributed by atoms with Crippen molar-refractivity contribution >= 4 is 0 Å². The van der Waals surface area contributed by atoms with Crippen molar-refractivity contribution in [3.05, 3.63) is 0 Å². The first-order valence-corrected chi connectivity index (χ1v) is 2.91. The second kappa shape index (κ2) is 1.44. The van der Waals surface area contributed by atoms with Gasteiger partial charge in [-0.1, -0.05) is 13.8 Å². The van der Waals surface area contributed by atoms with E-state index in [-0.39, 0.29) is 0 Å². The third-order valence-electron chi connectivity index (χ3n) is 1.91. The van der Waals surface area contributed by atoms with Gasteiger partial charge in [-0.25, -0.2) is 0 Å². The molecule has 1 unspecified atom stereocenters. The third-order valence-corrected chi connectivity index (χ3v) is 1.91. The van der Waals surface area contributed by atoms with Gasteiger partial charge in [0.15, 0.2) is 0 Å². The fourth-order valence-electron chi connectivity index (χ4n) is 1.03. The number of alkyl halides is 3. The Kier molecular flexibility index (Phi) is 1.10. The van der Waals surface area contributed by atoms with Crippen LogP contribution in [0.15, 0.2) is 0 Å². The minimum Gasteiger partial charge on any atom is -0.171 e. The lowest BCUT2D eigenvalue weighted by atomic mass is 10.1. The van der Waals surface area contributed by atoms with Crippen molar-refractivity contribution in [2.75, 3.05) is 0 Å². The van der Waals surface area contributed by atoms with Crippen LogP contribution in [-0.4, -0.2) is 6.18 Å². The second-order valence-corrected chi connectivity index (χ2v) is 3.29. The molecular formula is C6H9F3. The van der Waals surface area contributed by atoms with E-state index in [0.29, 0.717) is 6.42 Å². The summed E-state index contributed by atoms with van der Waals surface area (Å²) < 4.78 is 35.2. The quantitative estimate of drug-likeness (QED) is 0.482. The Morgan fingerprint density at radius 1 is 1.33 bits per heavy atom. The summed E-state index contributed by atoms with van der Waals surface area (Å²) >= 11 is 0. The molecule has 1 fully saturated rings. The molecule has 0 aromatic rings. The molecule has 1 atom stereocenters. The maximum atomic E-state index is 11.7. The predicted molar refractivity (Wildman–Crippen MR) is 27.9 cm³/mol. The van der Waals surface area contributed by atoms with Crippen LogP contribution in [-0.2, 0) is 0 Å². The van der Waals surface area contributed by atoms with Crippen LogP contribution in [0, 0.1) is 11.3 Å². The van der Waals surface area contributed by atoms with E-state index in [0.717, 1.165) is 0 Å². The smallest absolute Gasteiger partial charge is 0.171 e. The van der Waals surface area contributed by atoms with Gasteiger partial charge in [0.1, 0.15) is 0 Å². The summed E-state index contributed by atoms with van der Waals surface area (Å²) in [5.74, 6) is -1.04. The molecule has 0 aliphatic heterocycles. The van der Waals surface area contributed by atoms with E-state index in [2.05, 4.69) is 0 Å². The largest absolute Gasteiger partial charge is 0.392 e. The van der Waals surface area contributed by atoms with E-state index in [4.69, 9.17) is 0 Å². The Morgan fingerprint density at radius 3 is 1.67 bits per heavy atom. The van der Waals surface area contributed by atoms with Crippen molar-refractivity contribution < 1.29 is 13.2 Å². The Balaban J connectivity index is 2.52. The van der Waals surface area contributed by atoms with Gasteiger partial charge in [0.25, 0.3) is 0 Å². The first-order valence-electron chi connectivity index (χ1n) is 2.91. The molecule has 1 saturated carbocycles. The van der Waals surface area contributed by atoms with E-state index in [1.807, 2.05) is 0 Å². The molecule has 0 spiro atoms. The molecule has 3 heteroatoms. The minimum absolute atomic E-state index is 0.302. The van der Waals surface area contributed by atoms with Gasteiger partial charge in [-0.15, -0.1) is 0 Å². The summed E-state index contributed by atoms with van der Waals surface area (Å²) in [4.78, 5) is 0. The monoisotopic (exact) mass is 138 g/mol. The van der Waals surface area contributed by atoms with Crippen LogP contribution in [0.5, 0.6) is 0 Å². The zero-order valence-corrected chi connectivity index (χ0v) is 5.42. The zero-order chi connectivity index (χ0) is 7.28. The van der Waals surface area contributed by atoms with Crippen LogP contribution < -0.4 is 0 Å². The van der Waals surface area contributed by atoms with Gasteiger partial charge in [-0.2, -0.15) is 13.2 Å². The number of halogens is 3. The Bertz CT molecular complexity index is 123. The standard InChI is InChI=1S/C6H9F3/c1-5(2)3-4(5)6(7,8)9/h4H,3H2,1-2H3. The molecule has 0 bridgehead atoms. The van der Waals surface area contributed by atoms with Crippen molar-refractivity contribution in [3.8, 4) is 0 Å². The molecule has 9 heavy (non-hydrogen) atoms. The maximum absolute atomic E-state index is 11.7. The Morgan fingerprint density at radius 2 is 1.67 bits per heavy atom. The first kappa shape index (κ1) is 6.90. The van der Waals surface area contributed by atoms with E-state index < -0.39 is 17.5 Å². The maximum Gasteiger partial charge on any atom is 0.392 e. The first-order chi connectivity index (χ1) is 3.84. The average Bonchev–Trinajstić information content (AvgIpc) is 2.10. The lowest BCUT2D eigenvalue weighted by Gasteiger charge is -2.06. The van der Waals surface area contributed by atoms with Crippen LogP contribution in [0.25, 0.3) is 0 Å². The molecule has 0 aromatic heterocycles. The molecule has 0 N–H and O–H groups in total. The minimum atomic E-state index is -3.95. The highest BCUT2D eigenvalue weighted by molar-refractivity contribution is 4.99. The van der Waals surface area contributed by atoms with E-state index in [9.17, 15) is 13.2 Å². The third kappa shape index (κ3) is 1.19. The zero-order valence-electron chi connectivity index (χ0n) is 5.42. The molecule has 0 saturated heterocycles. The molecule has 0 nitrogen and oxygen atoms in total. The summed E-state index contributed by atoms with van der Waals surface area (Å²) in [5, 5.41) is 0. The lowest BCUT2D eigenvalue weighted by molar-refractivity contribution is -0.154. The van der Waals surface area contributed by atoms with Gasteiger partial charge in [-0.05, 0) is 11.8 Å². The van der Waals surface area contributed by atoms with Crippen molar-refractivity contribution in [2.24, 2.45) is 11.3 Å². The highest BCUT2D eigenvalue weighted by atomic mass is 19.4. The Labute approximate surface area is 52.1 Å². The molecule has 0 aromatic carbocycles. The second-order valence-electron chi connectivity index (χ2n) is 3.29. The van der Waals surface area contributed by atoms with E-state index in [1.54, 1.807) is 13.8 Å². The van der Waals surface area contributed by atoms with Crippen LogP contribution in [0.2, 0.25) is 0 Å². The fourth-order valence-corrected chi connectivity index (χ4v) is 1.03. The predicted octanol–water partition coefficient (Wildman–Crippen LogP) is 2.59. The van der Waals surface area contributed by atoms with Gasteiger partial charge in [0.2, 0.25) is 0 Å². The number of hydrogen-bond acceptors (Lipinski definition) is 0. The molecular weight excluding hydrogens is 129 g/mol. The summed E-state index contributed by atoms with van der Waals surface area (Å²) in [7, 11) is 0. The topological polar surface area (TPSA) is 0 Å². The lowest BCUT2D eigenvalue weighted by Crippen LogP contribution is -2.14. The molecule has 1 aliphatic carbocycles. The van der Waals surface area contributed by atoms with Crippen molar-refractivity contribution in [1.29, 1.82) is 0 Å². The Hall–Kier alpha value is -0.210. The highest BCUT2D eigenvalue weighted by Gasteiger charge is 2.60. The van der Waals surface area contributed by atoms with Crippen LogP contribution in [0.1, 0.15) is 20.3 Å². The molecule has 1 rings (SSSR count). The molecule has 0 heterocycles. The van der Waals surface area contributed by atoms with Gasteiger partial charge in [0.05, 0.1) is 5.92 Å². The summed E-state index contributed by atoms with van der Waals surface area (Å²) in [6.07, 6.45) is -3.65. The van der Waals surface area contributed by atoms with Gasteiger partial charge in [-0.3, -0.25) is 0 Å². The van der Waals surface area contributed by atoms with Gasteiger partial charge >= 0.3 is 6.18 Å². The van der Waals surface area contributed by atoms with Crippen LogP contribution >= 0.6 is 0 Å². The molecule has 1 aliphatic rings. The molecule has 54 valence electrons. The average molecular weight is 138 g/mol. The number of rotatable bonds is 0. The molecule has 0 amide bonds. The van der Waals surface area contributed by atoms with Gasteiger partial charge < -0.3 is 0 Å².